The molecule has 1 N–H and O–H groups in total. The molecule has 0 radical (unpaired) electrons. The van der Waals surface area contributed by atoms with Crippen LogP contribution in [-0.2, 0) is 21.4 Å². The molecular formula is C20H17ClN4O7S. The number of nitrogens with zero attached hydrogens (tertiary/aromatic N) is 3. The Morgan fingerprint density at radius 3 is 2.64 bits per heavy atom. The molecule has 5 rings (SSSR count). The second-order valence-corrected chi connectivity index (χ2v) is 9.27. The van der Waals surface area contributed by atoms with E-state index in [2.05, 4.69) is 14.9 Å². The molecule has 3 heterocycles. The number of sulfonamides is 1. The molecule has 2 aliphatic heterocycles. The van der Waals surface area contributed by atoms with Crippen LogP contribution in [0.4, 0.5) is 11.4 Å². The molecular weight excluding hydrogens is 476 g/mol. The van der Waals surface area contributed by atoms with Crippen LogP contribution in [0.15, 0.2) is 39.8 Å². The van der Waals surface area contributed by atoms with Crippen LogP contribution in [0.5, 0.6) is 17.2 Å². The molecule has 0 saturated heterocycles. The number of ether oxygens (including phenoxy) is 3. The largest absolute Gasteiger partial charge is 0.486 e. The summed E-state index contributed by atoms with van der Waals surface area (Å²) >= 11 is 6.34. The van der Waals surface area contributed by atoms with E-state index in [4.69, 9.17) is 30.3 Å². The number of aromatic nitrogens is 2. The highest BCUT2D eigenvalue weighted by molar-refractivity contribution is 7.92. The van der Waals surface area contributed by atoms with Crippen molar-refractivity contribution in [1.29, 1.82) is 0 Å². The summed E-state index contributed by atoms with van der Waals surface area (Å²) in [6, 6.07) is 7.34. The third kappa shape index (κ3) is 4.14. The van der Waals surface area contributed by atoms with Crippen LogP contribution in [0.3, 0.4) is 0 Å². The summed E-state index contributed by atoms with van der Waals surface area (Å²) in [4.78, 5) is 17.7. The van der Waals surface area contributed by atoms with Crippen molar-refractivity contribution < 1.29 is 31.9 Å². The maximum Gasteiger partial charge on any atom is 0.265 e. The van der Waals surface area contributed by atoms with E-state index in [1.165, 1.54) is 23.1 Å². The van der Waals surface area contributed by atoms with Crippen molar-refractivity contribution in [2.24, 2.45) is 0 Å². The number of carbonyl (C=O) groups excluding carboxylic acids is 1. The number of fused-ring (bicyclic) bond motifs is 2. The van der Waals surface area contributed by atoms with Gasteiger partial charge in [-0.3, -0.25) is 14.4 Å². The van der Waals surface area contributed by atoms with Gasteiger partial charge >= 0.3 is 0 Å². The van der Waals surface area contributed by atoms with Crippen LogP contribution in [0, 0.1) is 6.92 Å². The summed E-state index contributed by atoms with van der Waals surface area (Å²) in [7, 11) is -4.09. The fraction of sp³-hybridized carbons (Fsp3) is 0.250. The lowest BCUT2D eigenvalue weighted by molar-refractivity contribution is -0.121. The van der Waals surface area contributed by atoms with Crippen molar-refractivity contribution in [1.82, 2.24) is 10.1 Å². The summed E-state index contributed by atoms with van der Waals surface area (Å²) in [6.07, 6.45) is 0. The Morgan fingerprint density at radius 2 is 1.88 bits per heavy atom. The van der Waals surface area contributed by atoms with E-state index in [1.54, 1.807) is 19.1 Å². The van der Waals surface area contributed by atoms with Crippen molar-refractivity contribution in [3.63, 3.8) is 0 Å². The summed E-state index contributed by atoms with van der Waals surface area (Å²) in [5.41, 5.74) is 0.579. The molecule has 2 aromatic carbocycles. The fourth-order valence-corrected chi connectivity index (χ4v) is 5.03. The predicted molar refractivity (Wildman–Crippen MR) is 115 cm³/mol. The number of halogens is 1. The molecule has 0 saturated carbocycles. The second kappa shape index (κ2) is 8.12. The zero-order valence-corrected chi connectivity index (χ0v) is 18.8. The minimum atomic E-state index is -4.09. The lowest BCUT2D eigenvalue weighted by Crippen LogP contribution is -2.38. The summed E-state index contributed by atoms with van der Waals surface area (Å²) < 4.78 is 50.0. The van der Waals surface area contributed by atoms with E-state index in [9.17, 15) is 13.2 Å². The average Bonchev–Trinajstić information content (AvgIpc) is 3.20. The first-order chi connectivity index (χ1) is 15.8. The number of rotatable bonds is 5. The molecule has 33 heavy (non-hydrogen) atoms. The first-order valence-corrected chi connectivity index (χ1v) is 11.6. The Labute approximate surface area is 193 Å². The number of amides is 1. The minimum Gasteiger partial charge on any atom is -0.486 e. The lowest BCUT2D eigenvalue weighted by atomic mass is 10.2. The van der Waals surface area contributed by atoms with Crippen LogP contribution in [0.2, 0.25) is 5.02 Å². The van der Waals surface area contributed by atoms with Gasteiger partial charge in [0.15, 0.2) is 23.9 Å². The van der Waals surface area contributed by atoms with Gasteiger partial charge in [0.05, 0.1) is 22.9 Å². The third-order valence-corrected chi connectivity index (χ3v) is 6.76. The second-order valence-electron chi connectivity index (χ2n) is 7.21. The summed E-state index contributed by atoms with van der Waals surface area (Å²) in [6.45, 7) is 2.17. The molecule has 13 heteroatoms. The number of anilines is 2. The van der Waals surface area contributed by atoms with E-state index < -0.39 is 10.0 Å². The Hall–Kier alpha value is -3.51. The minimum absolute atomic E-state index is 0.0183. The van der Waals surface area contributed by atoms with Gasteiger partial charge in [0, 0.05) is 19.1 Å². The molecule has 0 aliphatic carbocycles. The van der Waals surface area contributed by atoms with Gasteiger partial charge in [0.1, 0.15) is 23.9 Å². The topological polar surface area (TPSA) is 133 Å². The Bertz CT molecular complexity index is 1360. The third-order valence-electron chi connectivity index (χ3n) is 4.91. The van der Waals surface area contributed by atoms with Crippen molar-refractivity contribution in [2.75, 3.05) is 29.4 Å². The number of nitrogens with one attached hydrogen (secondary N) is 1. The van der Waals surface area contributed by atoms with E-state index in [0.29, 0.717) is 42.1 Å². The molecule has 0 unspecified atom stereocenters. The van der Waals surface area contributed by atoms with Gasteiger partial charge in [0.2, 0.25) is 5.89 Å². The Balaban J connectivity index is 1.45. The van der Waals surface area contributed by atoms with Crippen LogP contribution >= 0.6 is 11.6 Å². The fourth-order valence-electron chi connectivity index (χ4n) is 3.45. The molecule has 0 atom stereocenters. The molecule has 1 aromatic heterocycles. The van der Waals surface area contributed by atoms with Gasteiger partial charge in [-0.15, -0.1) is 0 Å². The highest BCUT2D eigenvalue weighted by Crippen LogP contribution is 2.40. The molecule has 2 aliphatic rings. The number of carbonyl (C=O) groups is 1. The first kappa shape index (κ1) is 21.3. The van der Waals surface area contributed by atoms with Crippen LogP contribution in [0.1, 0.15) is 11.7 Å². The average molecular weight is 493 g/mol. The smallest absolute Gasteiger partial charge is 0.265 e. The van der Waals surface area contributed by atoms with Crippen molar-refractivity contribution in [3.05, 3.63) is 47.1 Å². The van der Waals surface area contributed by atoms with Crippen LogP contribution in [-0.4, -0.2) is 44.3 Å². The molecule has 11 nitrogen and oxygen atoms in total. The summed E-state index contributed by atoms with van der Waals surface area (Å²) in [5, 5.41) is 3.70. The Morgan fingerprint density at radius 1 is 1.09 bits per heavy atom. The van der Waals surface area contributed by atoms with E-state index in [-0.39, 0.29) is 40.4 Å². The van der Waals surface area contributed by atoms with Crippen molar-refractivity contribution in [3.8, 4) is 17.2 Å². The lowest BCUT2D eigenvalue weighted by Gasteiger charge is -2.29. The molecule has 172 valence electrons. The van der Waals surface area contributed by atoms with Gasteiger partial charge in [-0.1, -0.05) is 16.8 Å². The highest BCUT2D eigenvalue weighted by atomic mass is 35.5. The van der Waals surface area contributed by atoms with Crippen molar-refractivity contribution in [2.45, 2.75) is 18.4 Å². The van der Waals surface area contributed by atoms with Gasteiger partial charge in [-0.25, -0.2) is 8.42 Å². The zero-order chi connectivity index (χ0) is 23.2. The number of hydrogen-bond donors (Lipinski definition) is 1. The van der Waals surface area contributed by atoms with Gasteiger partial charge in [0.25, 0.3) is 15.9 Å². The molecule has 0 bridgehead atoms. The molecule has 0 spiro atoms. The van der Waals surface area contributed by atoms with Gasteiger partial charge < -0.3 is 18.7 Å². The van der Waals surface area contributed by atoms with Crippen molar-refractivity contribution >= 4 is 38.9 Å². The molecule has 1 amide bonds. The van der Waals surface area contributed by atoms with E-state index in [0.717, 1.165) is 0 Å². The van der Waals surface area contributed by atoms with Gasteiger partial charge in [-0.05, 0) is 18.2 Å². The highest BCUT2D eigenvalue weighted by Gasteiger charge is 2.31. The summed E-state index contributed by atoms with van der Waals surface area (Å²) in [5.74, 6) is 1.45. The quantitative estimate of drug-likeness (QED) is 0.570. The Kier molecular flexibility index (Phi) is 5.25. The van der Waals surface area contributed by atoms with Crippen LogP contribution < -0.4 is 23.8 Å². The number of hydrogen-bond acceptors (Lipinski definition) is 9. The zero-order valence-electron chi connectivity index (χ0n) is 17.2. The SMILES string of the molecule is Cc1nc(CN2C(=O)COc3cc(S(=O)(=O)Nc4ccc5c(c4)OCCO5)c(Cl)cc32)no1. The molecule has 0 fully saturated rings. The predicted octanol–water partition coefficient (Wildman–Crippen LogP) is 2.53. The standard InChI is InChI=1S/C20H17ClN4O7S/c1-11-22-19(23-32-11)9-25-14-7-13(21)18(8-16(14)31-10-20(25)26)33(27,28)24-12-2-3-15-17(6-12)30-5-4-29-15/h2-3,6-8,24H,4-5,9-10H2,1H3. The maximum atomic E-state index is 13.1. The maximum absolute atomic E-state index is 13.1. The first-order valence-electron chi connectivity index (χ1n) is 9.78. The van der Waals surface area contributed by atoms with E-state index in [1.807, 2.05) is 0 Å². The monoisotopic (exact) mass is 492 g/mol. The van der Waals surface area contributed by atoms with Gasteiger partial charge in [-0.2, -0.15) is 4.98 Å². The molecule has 3 aromatic rings. The van der Waals surface area contributed by atoms with E-state index >= 15 is 0 Å². The number of benzene rings is 2. The number of aryl methyl sites for hydroxylation is 1. The van der Waals surface area contributed by atoms with Crippen LogP contribution in [0.25, 0.3) is 0 Å². The normalized spacial score (nSPS) is 15.1.